The van der Waals surface area contributed by atoms with Crippen molar-refractivity contribution < 1.29 is 13.2 Å². The molecule has 3 rings (SSSR count). The fourth-order valence-corrected chi connectivity index (χ4v) is 4.72. The van der Waals surface area contributed by atoms with Crippen molar-refractivity contribution in [2.75, 3.05) is 29.2 Å². The van der Waals surface area contributed by atoms with Crippen LogP contribution >= 0.6 is 0 Å². The van der Waals surface area contributed by atoms with Crippen molar-refractivity contribution in [1.82, 2.24) is 9.97 Å². The van der Waals surface area contributed by atoms with Crippen LogP contribution in [0.25, 0.3) is 0 Å². The molecule has 3 heterocycles. The van der Waals surface area contributed by atoms with Crippen LogP contribution in [0.2, 0.25) is 0 Å². The third kappa shape index (κ3) is 4.68. The third-order valence-corrected chi connectivity index (χ3v) is 6.21. The normalized spacial score (nSPS) is 20.8. The minimum atomic E-state index is -3.12. The van der Waals surface area contributed by atoms with E-state index in [0.717, 1.165) is 5.69 Å². The number of aryl methyl sites for hydroxylation is 1. The van der Waals surface area contributed by atoms with Gasteiger partial charge in [0.25, 0.3) is 0 Å². The summed E-state index contributed by atoms with van der Waals surface area (Å²) in [5.41, 5.74) is 8.03. The van der Waals surface area contributed by atoms with Crippen LogP contribution in [-0.4, -0.2) is 49.1 Å². The number of anilines is 3. The van der Waals surface area contributed by atoms with E-state index in [0.29, 0.717) is 29.4 Å². The Kier molecular flexibility index (Phi) is 5.67. The van der Waals surface area contributed by atoms with Gasteiger partial charge in [-0.25, -0.2) is 18.4 Å². The molecule has 0 spiro atoms. The van der Waals surface area contributed by atoms with E-state index in [1.165, 1.54) is 6.20 Å². The lowest BCUT2D eigenvalue weighted by molar-refractivity contribution is 0.414. The highest BCUT2D eigenvalue weighted by molar-refractivity contribution is 7.91. The Morgan fingerprint density at radius 2 is 2.14 bits per heavy atom. The van der Waals surface area contributed by atoms with Crippen molar-refractivity contribution >= 4 is 27.0 Å². The van der Waals surface area contributed by atoms with Crippen LogP contribution < -0.4 is 21.1 Å². The van der Waals surface area contributed by atoms with E-state index in [9.17, 15) is 13.7 Å². The smallest absolute Gasteiger partial charge is 0.164 e. The zero-order valence-electron chi connectivity index (χ0n) is 15.6. The molecule has 2 aromatic heterocycles. The number of ether oxygens (including phenoxy) is 1. The molecule has 1 aliphatic rings. The van der Waals surface area contributed by atoms with Crippen molar-refractivity contribution in [2.45, 2.75) is 25.4 Å². The summed E-state index contributed by atoms with van der Waals surface area (Å²) >= 11 is 0. The number of nitrogens with two attached hydrogens (primary N) is 1. The zero-order valence-corrected chi connectivity index (χ0v) is 16.5. The molecule has 2 aromatic rings. The number of methoxy groups -OCH3 is 1. The second kappa shape index (κ2) is 8.00. The summed E-state index contributed by atoms with van der Waals surface area (Å²) in [4.78, 5) is 8.53. The molecule has 0 aromatic carbocycles. The van der Waals surface area contributed by atoms with Gasteiger partial charge in [-0.2, -0.15) is 5.26 Å². The summed E-state index contributed by atoms with van der Waals surface area (Å²) in [7, 11) is -1.56. The largest absolute Gasteiger partial charge is 0.497 e. The number of pyridine rings is 2. The van der Waals surface area contributed by atoms with Crippen LogP contribution in [0.4, 0.5) is 17.2 Å². The van der Waals surface area contributed by atoms with Gasteiger partial charge in [-0.05, 0) is 19.4 Å². The first kappa shape index (κ1) is 19.9. The van der Waals surface area contributed by atoms with E-state index >= 15 is 0 Å². The first-order chi connectivity index (χ1) is 13.3. The van der Waals surface area contributed by atoms with Crippen LogP contribution in [-0.2, 0) is 9.84 Å². The molecule has 0 radical (unpaired) electrons. The molecule has 148 valence electrons. The van der Waals surface area contributed by atoms with Gasteiger partial charge >= 0.3 is 0 Å². The van der Waals surface area contributed by atoms with Gasteiger partial charge in [0.15, 0.2) is 15.5 Å². The summed E-state index contributed by atoms with van der Waals surface area (Å²) in [6, 6.07) is 6.52. The molecule has 0 amide bonds. The quantitative estimate of drug-likeness (QED) is 0.675. The summed E-state index contributed by atoms with van der Waals surface area (Å²) in [6.45, 7) is 1.83. The van der Waals surface area contributed by atoms with Gasteiger partial charge in [0.1, 0.15) is 17.6 Å². The number of sulfone groups is 1. The van der Waals surface area contributed by atoms with Gasteiger partial charge in [0.2, 0.25) is 0 Å². The monoisotopic (exact) mass is 402 g/mol. The average Bonchev–Trinajstić information content (AvgIpc) is 2.64. The Labute approximate surface area is 163 Å². The maximum absolute atomic E-state index is 11.9. The van der Waals surface area contributed by atoms with Crippen molar-refractivity contribution in [1.29, 1.82) is 5.26 Å². The minimum Gasteiger partial charge on any atom is -0.497 e. The lowest BCUT2D eigenvalue weighted by atomic mass is 10.1. The Bertz CT molecular complexity index is 1020. The molecule has 9 nitrogen and oxygen atoms in total. The molecule has 0 unspecified atom stereocenters. The molecule has 0 bridgehead atoms. The van der Waals surface area contributed by atoms with Crippen molar-refractivity contribution in [3.63, 3.8) is 0 Å². The van der Waals surface area contributed by atoms with Gasteiger partial charge in [-0.1, -0.05) is 0 Å². The Hall–Kier alpha value is -2.90. The predicted octanol–water partition coefficient (Wildman–Crippen LogP) is 1.34. The Balaban J connectivity index is 1.86. The van der Waals surface area contributed by atoms with Crippen LogP contribution in [0.3, 0.4) is 0 Å². The summed E-state index contributed by atoms with van der Waals surface area (Å²) in [6.07, 6.45) is 1.89. The topological polar surface area (TPSA) is 143 Å². The lowest BCUT2D eigenvalue weighted by Gasteiger charge is -2.30. The third-order valence-electron chi connectivity index (χ3n) is 4.48. The molecule has 4 N–H and O–H groups in total. The van der Waals surface area contributed by atoms with E-state index in [2.05, 4.69) is 20.6 Å². The lowest BCUT2D eigenvalue weighted by Crippen LogP contribution is -2.50. The highest BCUT2D eigenvalue weighted by Gasteiger charge is 2.31. The standard InChI is InChI=1S/C18H22N6O3S/c1-11-5-13(27-2)7-18(22-11)24-15-6-12(9-21-16(15)8-19)23-17-10-28(25,26)4-3-14(17)20/h5-7,9,14,17,23H,3-4,10,20H2,1-2H3,(H,22,24)/t14-,17+/m0/s1. The number of rotatable bonds is 5. The van der Waals surface area contributed by atoms with Gasteiger partial charge in [0, 0.05) is 23.9 Å². The fourth-order valence-electron chi connectivity index (χ4n) is 3.04. The molecule has 1 saturated heterocycles. The Morgan fingerprint density at radius 1 is 1.36 bits per heavy atom. The predicted molar refractivity (Wildman–Crippen MR) is 106 cm³/mol. The maximum Gasteiger partial charge on any atom is 0.164 e. The van der Waals surface area contributed by atoms with Gasteiger partial charge in [-0.15, -0.1) is 0 Å². The molecule has 28 heavy (non-hydrogen) atoms. The maximum atomic E-state index is 11.9. The number of nitriles is 1. The molecule has 0 aliphatic carbocycles. The fraction of sp³-hybridized carbons (Fsp3) is 0.389. The molecular weight excluding hydrogens is 380 g/mol. The van der Waals surface area contributed by atoms with E-state index in [1.54, 1.807) is 25.3 Å². The van der Waals surface area contributed by atoms with E-state index in [-0.39, 0.29) is 23.2 Å². The van der Waals surface area contributed by atoms with Gasteiger partial charge < -0.3 is 21.1 Å². The van der Waals surface area contributed by atoms with Crippen molar-refractivity contribution in [2.24, 2.45) is 5.73 Å². The second-order valence-corrected chi connectivity index (χ2v) is 8.94. The molecule has 1 fully saturated rings. The van der Waals surface area contributed by atoms with E-state index in [1.807, 2.05) is 13.0 Å². The number of nitrogens with one attached hydrogen (secondary N) is 2. The molecule has 2 atom stereocenters. The van der Waals surface area contributed by atoms with Gasteiger partial charge in [0.05, 0.1) is 42.2 Å². The first-order valence-electron chi connectivity index (χ1n) is 8.72. The SMILES string of the molecule is COc1cc(C)nc(Nc2cc(N[C@@H]3CS(=O)(=O)CC[C@@H]3N)cnc2C#N)c1. The second-order valence-electron chi connectivity index (χ2n) is 6.71. The summed E-state index contributed by atoms with van der Waals surface area (Å²) in [5, 5.41) is 15.6. The van der Waals surface area contributed by atoms with Crippen molar-refractivity contribution in [3.8, 4) is 11.8 Å². The van der Waals surface area contributed by atoms with E-state index < -0.39 is 15.9 Å². The number of nitrogens with zero attached hydrogens (tertiary/aromatic N) is 3. The van der Waals surface area contributed by atoms with Crippen molar-refractivity contribution in [3.05, 3.63) is 35.8 Å². The molecule has 0 saturated carbocycles. The van der Waals surface area contributed by atoms with Crippen LogP contribution in [0.15, 0.2) is 24.4 Å². The van der Waals surface area contributed by atoms with E-state index in [4.69, 9.17) is 10.5 Å². The average molecular weight is 402 g/mol. The molecule has 1 aliphatic heterocycles. The number of hydrogen-bond acceptors (Lipinski definition) is 9. The van der Waals surface area contributed by atoms with Gasteiger partial charge in [-0.3, -0.25) is 0 Å². The van der Waals surface area contributed by atoms with Crippen LogP contribution in [0.5, 0.6) is 5.75 Å². The first-order valence-corrected chi connectivity index (χ1v) is 10.5. The highest BCUT2D eigenvalue weighted by atomic mass is 32.2. The minimum absolute atomic E-state index is 0.0342. The highest BCUT2D eigenvalue weighted by Crippen LogP contribution is 2.25. The summed E-state index contributed by atoms with van der Waals surface area (Å²) < 4.78 is 29.1. The van der Waals surface area contributed by atoms with Crippen LogP contribution in [0, 0.1) is 18.3 Å². The Morgan fingerprint density at radius 3 is 2.86 bits per heavy atom. The molecule has 10 heteroatoms. The molecular formula is C18H22N6O3S. The number of aromatic nitrogens is 2. The van der Waals surface area contributed by atoms with Crippen LogP contribution in [0.1, 0.15) is 17.8 Å². The zero-order chi connectivity index (χ0) is 20.3. The summed E-state index contributed by atoms with van der Waals surface area (Å²) in [5.74, 6) is 1.21. The number of hydrogen-bond donors (Lipinski definition) is 3.